The number of ether oxygens (including phenoxy) is 1. The van der Waals surface area contributed by atoms with Crippen molar-refractivity contribution in [3.05, 3.63) is 0 Å². The third-order valence-electron chi connectivity index (χ3n) is 0.870. The van der Waals surface area contributed by atoms with E-state index in [0.717, 1.165) is 0 Å². The second kappa shape index (κ2) is 4.14. The number of hydrogen-bond acceptors (Lipinski definition) is 3. The quantitative estimate of drug-likeness (QED) is 0.550. The summed E-state index contributed by atoms with van der Waals surface area (Å²) in [5, 5.41) is 16.6. The van der Waals surface area contributed by atoms with Gasteiger partial charge >= 0.3 is 6.16 Å². The summed E-state index contributed by atoms with van der Waals surface area (Å²) in [6.07, 6.45) is -1.50. The highest BCUT2D eigenvalue weighted by Crippen LogP contribution is 1.89. The second-order valence-electron chi connectivity index (χ2n) is 1.64. The Morgan fingerprint density at radius 2 is 2.33 bits per heavy atom. The van der Waals surface area contributed by atoms with E-state index >= 15 is 0 Å². The van der Waals surface area contributed by atoms with Gasteiger partial charge < -0.3 is 14.9 Å². The molecular formula is C5H10O4. The van der Waals surface area contributed by atoms with E-state index in [0.29, 0.717) is 6.42 Å². The Hall–Kier alpha value is -0.770. The van der Waals surface area contributed by atoms with Gasteiger partial charge in [0.05, 0.1) is 6.10 Å². The maximum absolute atomic E-state index is 9.69. The van der Waals surface area contributed by atoms with E-state index in [4.69, 9.17) is 10.2 Å². The summed E-state index contributed by atoms with van der Waals surface area (Å²) in [6, 6.07) is 0. The summed E-state index contributed by atoms with van der Waals surface area (Å²) in [6.45, 7) is 1.61. The molecule has 0 bridgehead atoms. The molecule has 0 aromatic rings. The van der Waals surface area contributed by atoms with Gasteiger partial charge in [-0.05, 0) is 6.42 Å². The average Bonchev–Trinajstić information content (AvgIpc) is 1.83. The first-order chi connectivity index (χ1) is 4.16. The zero-order chi connectivity index (χ0) is 7.28. The smallest absolute Gasteiger partial charge is 0.450 e. The van der Waals surface area contributed by atoms with Crippen molar-refractivity contribution in [2.45, 2.75) is 19.4 Å². The molecule has 0 heterocycles. The molecule has 0 aliphatic rings. The molecular weight excluding hydrogens is 124 g/mol. The normalized spacial score (nSPS) is 12.7. The predicted molar refractivity (Wildman–Crippen MR) is 30.3 cm³/mol. The number of rotatable bonds is 3. The zero-order valence-corrected chi connectivity index (χ0v) is 5.20. The zero-order valence-electron chi connectivity index (χ0n) is 5.20. The van der Waals surface area contributed by atoms with Gasteiger partial charge in [-0.15, -0.1) is 0 Å². The van der Waals surface area contributed by atoms with Gasteiger partial charge in [-0.1, -0.05) is 6.92 Å². The van der Waals surface area contributed by atoms with Gasteiger partial charge in [0.15, 0.2) is 0 Å². The van der Waals surface area contributed by atoms with E-state index in [2.05, 4.69) is 4.74 Å². The molecule has 4 nitrogen and oxygen atoms in total. The lowest BCUT2D eigenvalue weighted by molar-refractivity contribution is 0.0385. The lowest BCUT2D eigenvalue weighted by Gasteiger charge is -2.04. The third kappa shape index (κ3) is 5.10. The molecule has 1 unspecified atom stereocenters. The van der Waals surface area contributed by atoms with Gasteiger partial charge in [-0.25, -0.2) is 4.79 Å². The molecule has 0 aliphatic carbocycles. The molecule has 0 saturated heterocycles. The SMILES string of the molecule is CCC(O)COC(=O)O. The van der Waals surface area contributed by atoms with Gasteiger partial charge in [-0.2, -0.15) is 0 Å². The fourth-order valence-corrected chi connectivity index (χ4v) is 0.285. The fraction of sp³-hybridized carbons (Fsp3) is 0.800. The summed E-state index contributed by atoms with van der Waals surface area (Å²) in [7, 11) is 0. The monoisotopic (exact) mass is 134 g/mol. The molecule has 0 aliphatic heterocycles. The first-order valence-corrected chi connectivity index (χ1v) is 2.70. The molecule has 0 saturated carbocycles. The average molecular weight is 134 g/mol. The standard InChI is InChI=1S/C5H10O4/c1-2-4(6)3-9-5(7)8/h4,6H,2-3H2,1H3,(H,7,8). The van der Waals surface area contributed by atoms with Crippen LogP contribution in [0.1, 0.15) is 13.3 Å². The van der Waals surface area contributed by atoms with Crippen molar-refractivity contribution in [2.24, 2.45) is 0 Å². The van der Waals surface area contributed by atoms with Crippen LogP contribution in [0.15, 0.2) is 0 Å². The molecule has 0 radical (unpaired) electrons. The number of aliphatic hydroxyl groups excluding tert-OH is 1. The summed E-state index contributed by atoms with van der Waals surface area (Å²) >= 11 is 0. The molecule has 9 heavy (non-hydrogen) atoms. The van der Waals surface area contributed by atoms with E-state index in [1.165, 1.54) is 0 Å². The van der Waals surface area contributed by atoms with Crippen molar-refractivity contribution < 1.29 is 19.7 Å². The molecule has 0 aromatic heterocycles. The highest BCUT2D eigenvalue weighted by atomic mass is 16.7. The Bertz CT molecular complexity index is 91.0. The Kier molecular flexibility index (Phi) is 3.79. The van der Waals surface area contributed by atoms with Crippen molar-refractivity contribution in [3.63, 3.8) is 0 Å². The van der Waals surface area contributed by atoms with E-state index in [-0.39, 0.29) is 6.61 Å². The Morgan fingerprint density at radius 1 is 1.78 bits per heavy atom. The molecule has 0 fully saturated rings. The third-order valence-corrected chi connectivity index (χ3v) is 0.870. The van der Waals surface area contributed by atoms with Crippen LogP contribution in [-0.2, 0) is 4.74 Å². The van der Waals surface area contributed by atoms with Crippen LogP contribution < -0.4 is 0 Å². The molecule has 0 rings (SSSR count). The topological polar surface area (TPSA) is 66.8 Å². The molecule has 1 atom stereocenters. The molecule has 54 valence electrons. The second-order valence-corrected chi connectivity index (χ2v) is 1.64. The Balaban J connectivity index is 3.16. The largest absolute Gasteiger partial charge is 0.505 e. The van der Waals surface area contributed by atoms with E-state index in [1.54, 1.807) is 6.92 Å². The molecule has 2 N–H and O–H groups in total. The van der Waals surface area contributed by atoms with Gasteiger partial charge in [0.25, 0.3) is 0 Å². The molecule has 0 amide bonds. The minimum Gasteiger partial charge on any atom is -0.450 e. The van der Waals surface area contributed by atoms with E-state index in [9.17, 15) is 4.79 Å². The van der Waals surface area contributed by atoms with Crippen LogP contribution in [-0.4, -0.2) is 29.1 Å². The van der Waals surface area contributed by atoms with Crippen molar-refractivity contribution in [1.29, 1.82) is 0 Å². The predicted octanol–water partition coefficient (Wildman–Crippen LogP) is 0.452. The summed E-state index contributed by atoms with van der Waals surface area (Å²) in [5.74, 6) is 0. The molecule has 0 aromatic carbocycles. The number of aliphatic hydroxyl groups is 1. The first-order valence-electron chi connectivity index (χ1n) is 2.70. The van der Waals surface area contributed by atoms with Gasteiger partial charge in [-0.3, -0.25) is 0 Å². The van der Waals surface area contributed by atoms with Crippen LogP contribution in [0.2, 0.25) is 0 Å². The van der Waals surface area contributed by atoms with Gasteiger partial charge in [0.1, 0.15) is 6.61 Å². The highest BCUT2D eigenvalue weighted by Gasteiger charge is 2.02. The Labute approximate surface area is 53.1 Å². The van der Waals surface area contributed by atoms with E-state index < -0.39 is 12.3 Å². The molecule has 0 spiro atoms. The van der Waals surface area contributed by atoms with Crippen LogP contribution >= 0.6 is 0 Å². The van der Waals surface area contributed by atoms with Crippen LogP contribution in [0.25, 0.3) is 0 Å². The summed E-state index contributed by atoms with van der Waals surface area (Å²) < 4.78 is 4.06. The number of carboxylic acid groups (broad SMARTS) is 1. The van der Waals surface area contributed by atoms with Crippen molar-refractivity contribution in [2.75, 3.05) is 6.61 Å². The number of hydrogen-bond donors (Lipinski definition) is 2. The van der Waals surface area contributed by atoms with Crippen LogP contribution in [0.3, 0.4) is 0 Å². The van der Waals surface area contributed by atoms with Crippen molar-refractivity contribution in [3.8, 4) is 0 Å². The van der Waals surface area contributed by atoms with Crippen molar-refractivity contribution in [1.82, 2.24) is 0 Å². The minimum absolute atomic E-state index is 0.133. The maximum atomic E-state index is 9.69. The first kappa shape index (κ1) is 8.23. The van der Waals surface area contributed by atoms with Crippen LogP contribution in [0, 0.1) is 0 Å². The Morgan fingerprint density at radius 3 is 2.67 bits per heavy atom. The lowest BCUT2D eigenvalue weighted by Crippen LogP contribution is -2.16. The van der Waals surface area contributed by atoms with Gasteiger partial charge in [0, 0.05) is 0 Å². The van der Waals surface area contributed by atoms with Gasteiger partial charge in [0.2, 0.25) is 0 Å². The van der Waals surface area contributed by atoms with Crippen LogP contribution in [0.5, 0.6) is 0 Å². The minimum atomic E-state index is -1.34. The lowest BCUT2D eigenvalue weighted by atomic mass is 10.3. The fourth-order valence-electron chi connectivity index (χ4n) is 0.285. The maximum Gasteiger partial charge on any atom is 0.505 e. The summed E-state index contributed by atoms with van der Waals surface area (Å²) in [4.78, 5) is 9.69. The van der Waals surface area contributed by atoms with Crippen molar-refractivity contribution >= 4 is 6.16 Å². The van der Waals surface area contributed by atoms with Crippen LogP contribution in [0.4, 0.5) is 4.79 Å². The van der Waals surface area contributed by atoms with E-state index in [1.807, 2.05) is 0 Å². The molecule has 4 heteroatoms. The number of carbonyl (C=O) groups is 1. The summed E-state index contributed by atoms with van der Waals surface area (Å²) in [5.41, 5.74) is 0. The highest BCUT2D eigenvalue weighted by molar-refractivity contribution is 5.56.